The van der Waals surface area contributed by atoms with Gasteiger partial charge in [-0.1, -0.05) is 59.6 Å². The Morgan fingerprint density at radius 3 is 2.46 bits per heavy atom. The van der Waals surface area contributed by atoms with Gasteiger partial charge in [0.15, 0.2) is 5.78 Å². The van der Waals surface area contributed by atoms with Gasteiger partial charge in [0.25, 0.3) is 0 Å². The van der Waals surface area contributed by atoms with Gasteiger partial charge in [-0.2, -0.15) is 0 Å². The molecule has 1 aromatic rings. The molecule has 0 fully saturated rings. The molecule has 132 valence electrons. The molecule has 1 aliphatic rings. The maximum absolute atomic E-state index is 12.6. The molecule has 0 unspecified atom stereocenters. The summed E-state index contributed by atoms with van der Waals surface area (Å²) in [5.74, 6) is 2.02. The molecule has 1 aromatic carbocycles. The lowest BCUT2D eigenvalue weighted by molar-refractivity contribution is -0.116. The Morgan fingerprint density at radius 1 is 1.17 bits per heavy atom. The van der Waals surface area contributed by atoms with Crippen LogP contribution in [0.1, 0.15) is 83.9 Å². The fourth-order valence-corrected chi connectivity index (χ4v) is 3.28. The number of benzene rings is 1. The summed E-state index contributed by atoms with van der Waals surface area (Å²) in [6, 6.07) is 4.48. The van der Waals surface area contributed by atoms with E-state index in [1.165, 1.54) is 16.7 Å². The van der Waals surface area contributed by atoms with Crippen molar-refractivity contribution in [2.45, 2.75) is 85.5 Å². The second kappa shape index (κ2) is 7.55. The minimum Gasteiger partial charge on any atom is -0.461 e. The van der Waals surface area contributed by atoms with E-state index in [-0.39, 0.29) is 11.2 Å². The average Bonchev–Trinajstić information content (AvgIpc) is 2.52. The van der Waals surface area contributed by atoms with Crippen LogP contribution >= 0.6 is 0 Å². The molecule has 0 atom stereocenters. The molecule has 24 heavy (non-hydrogen) atoms. The second-order valence-electron chi connectivity index (χ2n) is 7.93. The zero-order chi connectivity index (χ0) is 17.9. The first-order valence-electron chi connectivity index (χ1n) is 9.35. The molecular weight excluding hydrogens is 296 g/mol. The Bertz CT molecular complexity index is 645. The van der Waals surface area contributed by atoms with E-state index >= 15 is 0 Å². The molecule has 0 saturated carbocycles. The van der Waals surface area contributed by atoms with Crippen molar-refractivity contribution in [3.05, 3.63) is 40.2 Å². The van der Waals surface area contributed by atoms with Crippen molar-refractivity contribution < 1.29 is 9.53 Å². The van der Waals surface area contributed by atoms with Crippen LogP contribution in [0, 0.1) is 0 Å². The molecule has 1 heterocycles. The van der Waals surface area contributed by atoms with Crippen LogP contribution in [0.15, 0.2) is 23.5 Å². The molecule has 0 amide bonds. The van der Waals surface area contributed by atoms with Crippen molar-refractivity contribution in [2.75, 3.05) is 0 Å². The average molecular weight is 328 g/mol. The minimum absolute atomic E-state index is 0.0260. The van der Waals surface area contributed by atoms with E-state index in [0.29, 0.717) is 12.8 Å². The third-order valence-corrected chi connectivity index (χ3v) is 4.83. The highest BCUT2D eigenvalue weighted by atomic mass is 16.5. The normalized spacial score (nSPS) is 14.4. The summed E-state index contributed by atoms with van der Waals surface area (Å²) in [5.41, 5.74) is 4.63. The summed E-state index contributed by atoms with van der Waals surface area (Å²) in [5, 5.41) is 0. The quantitative estimate of drug-likeness (QED) is 0.607. The van der Waals surface area contributed by atoms with Gasteiger partial charge >= 0.3 is 0 Å². The number of hydrogen-bond donors (Lipinski definition) is 0. The van der Waals surface area contributed by atoms with Crippen LogP contribution in [-0.4, -0.2) is 5.78 Å². The predicted octanol–water partition coefficient (Wildman–Crippen LogP) is 5.90. The molecule has 2 heteroatoms. The highest BCUT2D eigenvalue weighted by Crippen LogP contribution is 2.40. The van der Waals surface area contributed by atoms with Crippen molar-refractivity contribution in [1.82, 2.24) is 0 Å². The van der Waals surface area contributed by atoms with Crippen molar-refractivity contribution in [1.29, 1.82) is 0 Å². The van der Waals surface area contributed by atoms with Crippen LogP contribution in [-0.2, 0) is 23.1 Å². The summed E-state index contributed by atoms with van der Waals surface area (Å²) >= 11 is 0. The number of rotatable bonds is 6. The third-order valence-electron chi connectivity index (χ3n) is 4.83. The maximum atomic E-state index is 12.6. The van der Waals surface area contributed by atoms with E-state index in [4.69, 9.17) is 4.74 Å². The Morgan fingerprint density at radius 2 is 1.88 bits per heavy atom. The molecule has 0 saturated heterocycles. The largest absolute Gasteiger partial charge is 0.461 e. The minimum atomic E-state index is 0.0260. The van der Waals surface area contributed by atoms with Gasteiger partial charge in [-0.15, -0.1) is 0 Å². The number of hydrogen-bond acceptors (Lipinski definition) is 2. The van der Waals surface area contributed by atoms with E-state index in [1.807, 2.05) is 6.92 Å². The SMILES string of the molecule is CCCCCC(=O)C1=C(C)Oc2c(cc(CC)cc2C(C)(C)C)C1. The zero-order valence-corrected chi connectivity index (χ0v) is 16.2. The molecule has 0 aliphatic carbocycles. The first-order valence-corrected chi connectivity index (χ1v) is 9.35. The van der Waals surface area contributed by atoms with Crippen LogP contribution < -0.4 is 4.74 Å². The van der Waals surface area contributed by atoms with E-state index in [9.17, 15) is 4.79 Å². The second-order valence-corrected chi connectivity index (χ2v) is 7.93. The van der Waals surface area contributed by atoms with Gasteiger partial charge in [0, 0.05) is 24.0 Å². The molecule has 0 aromatic heterocycles. The number of ketones is 1. The van der Waals surface area contributed by atoms with Crippen molar-refractivity contribution in [3.8, 4) is 5.75 Å². The molecule has 1 aliphatic heterocycles. The standard InChI is InChI=1S/C22H32O2/c1-7-9-10-11-20(23)18-14-17-12-16(8-2)13-19(22(4,5)6)21(17)24-15(18)3/h12-13H,7-11,14H2,1-6H3. The highest BCUT2D eigenvalue weighted by Gasteiger charge is 2.28. The molecule has 0 N–H and O–H groups in total. The number of Topliss-reactive ketones (excluding diaryl/α,β-unsaturated/α-hetero) is 1. The van der Waals surface area contributed by atoms with E-state index < -0.39 is 0 Å². The van der Waals surface area contributed by atoms with E-state index in [0.717, 1.165) is 42.8 Å². The van der Waals surface area contributed by atoms with E-state index in [2.05, 4.69) is 46.8 Å². The number of fused-ring (bicyclic) bond motifs is 1. The van der Waals surface area contributed by atoms with Gasteiger partial charge in [0.2, 0.25) is 0 Å². The van der Waals surface area contributed by atoms with Crippen LogP contribution in [0.3, 0.4) is 0 Å². The van der Waals surface area contributed by atoms with Gasteiger partial charge < -0.3 is 4.74 Å². The van der Waals surface area contributed by atoms with Crippen molar-refractivity contribution in [3.63, 3.8) is 0 Å². The highest BCUT2D eigenvalue weighted by molar-refractivity contribution is 5.96. The smallest absolute Gasteiger partial charge is 0.162 e. The summed E-state index contributed by atoms with van der Waals surface area (Å²) in [7, 11) is 0. The summed E-state index contributed by atoms with van der Waals surface area (Å²) in [4.78, 5) is 12.6. The maximum Gasteiger partial charge on any atom is 0.162 e. The van der Waals surface area contributed by atoms with Crippen molar-refractivity contribution in [2.24, 2.45) is 0 Å². The molecule has 0 spiro atoms. The zero-order valence-electron chi connectivity index (χ0n) is 16.2. The van der Waals surface area contributed by atoms with Gasteiger partial charge in [-0.3, -0.25) is 4.79 Å². The molecule has 0 radical (unpaired) electrons. The monoisotopic (exact) mass is 328 g/mol. The molecule has 0 bridgehead atoms. The van der Waals surface area contributed by atoms with Gasteiger partial charge in [0.05, 0.1) is 0 Å². The van der Waals surface area contributed by atoms with Crippen LogP contribution in [0.2, 0.25) is 0 Å². The summed E-state index contributed by atoms with van der Waals surface area (Å²) < 4.78 is 6.19. The Labute approximate surface area is 147 Å². The van der Waals surface area contributed by atoms with Gasteiger partial charge in [0.1, 0.15) is 11.5 Å². The number of ether oxygens (including phenoxy) is 1. The number of carbonyl (C=O) groups is 1. The first-order chi connectivity index (χ1) is 11.3. The van der Waals surface area contributed by atoms with Gasteiger partial charge in [-0.25, -0.2) is 0 Å². The summed E-state index contributed by atoms with van der Waals surface area (Å²) in [6.07, 6.45) is 5.57. The lowest BCUT2D eigenvalue weighted by atomic mass is 9.81. The Kier molecular flexibility index (Phi) is 5.90. The number of unbranched alkanes of at least 4 members (excludes halogenated alkanes) is 2. The Hall–Kier alpha value is -1.57. The van der Waals surface area contributed by atoms with Gasteiger partial charge in [-0.05, 0) is 36.3 Å². The first kappa shape index (κ1) is 18.8. The molecule has 2 rings (SSSR count). The molecular formula is C22H32O2. The predicted molar refractivity (Wildman–Crippen MR) is 101 cm³/mol. The number of allylic oxidation sites excluding steroid dienone is 2. The van der Waals surface area contributed by atoms with Crippen LogP contribution in [0.5, 0.6) is 5.75 Å². The van der Waals surface area contributed by atoms with Crippen molar-refractivity contribution >= 4 is 5.78 Å². The lowest BCUT2D eigenvalue weighted by Crippen LogP contribution is -2.21. The fourth-order valence-electron chi connectivity index (χ4n) is 3.28. The molecule has 2 nitrogen and oxygen atoms in total. The Balaban J connectivity index is 2.35. The van der Waals surface area contributed by atoms with E-state index in [1.54, 1.807) is 0 Å². The number of carbonyl (C=O) groups excluding carboxylic acids is 1. The van der Waals surface area contributed by atoms with Crippen LogP contribution in [0.25, 0.3) is 0 Å². The summed E-state index contributed by atoms with van der Waals surface area (Å²) in [6.45, 7) is 12.9. The topological polar surface area (TPSA) is 26.3 Å². The number of aryl methyl sites for hydroxylation is 1. The lowest BCUT2D eigenvalue weighted by Gasteiger charge is -2.29. The van der Waals surface area contributed by atoms with Crippen LogP contribution in [0.4, 0.5) is 0 Å². The fraction of sp³-hybridized carbons (Fsp3) is 0.591. The third kappa shape index (κ3) is 4.09.